The van der Waals surface area contributed by atoms with Crippen molar-refractivity contribution in [3.8, 4) is 5.75 Å². The van der Waals surface area contributed by atoms with Gasteiger partial charge in [0.25, 0.3) is 0 Å². The van der Waals surface area contributed by atoms with Crippen molar-refractivity contribution in [3.05, 3.63) is 101 Å². The molecule has 5 heteroatoms. The third kappa shape index (κ3) is 4.71. The van der Waals surface area contributed by atoms with E-state index in [0.29, 0.717) is 13.0 Å². The summed E-state index contributed by atoms with van der Waals surface area (Å²) in [6.45, 7) is 0.494. The van der Waals surface area contributed by atoms with E-state index in [1.807, 2.05) is 72.8 Å². The number of carboxylic acid groups (broad SMARTS) is 1. The van der Waals surface area contributed by atoms with E-state index >= 15 is 0 Å². The maximum Gasteiger partial charge on any atom is 0.328 e. The Morgan fingerprint density at radius 3 is 2.52 bits per heavy atom. The van der Waals surface area contributed by atoms with Crippen LogP contribution in [0, 0.1) is 0 Å². The van der Waals surface area contributed by atoms with Gasteiger partial charge in [-0.15, -0.1) is 0 Å². The molecule has 4 rings (SSSR count). The summed E-state index contributed by atoms with van der Waals surface area (Å²) >= 11 is 0. The minimum Gasteiger partial charge on any atom is -0.487 e. The Bertz CT molecular complexity index is 1150. The van der Waals surface area contributed by atoms with Gasteiger partial charge in [-0.1, -0.05) is 60.7 Å². The fourth-order valence-corrected chi connectivity index (χ4v) is 3.10. The van der Waals surface area contributed by atoms with E-state index in [1.165, 1.54) is 0 Å². The Labute approximate surface area is 168 Å². The molecule has 0 aliphatic carbocycles. The summed E-state index contributed by atoms with van der Waals surface area (Å²) in [5.74, 6) is 0.647. The molecule has 0 unspecified atom stereocenters. The smallest absolute Gasteiger partial charge is 0.328 e. The van der Waals surface area contributed by atoms with E-state index in [-0.39, 0.29) is 0 Å². The third-order valence-corrected chi connectivity index (χ3v) is 4.53. The number of aromatic amines is 1. The molecule has 0 fully saturated rings. The van der Waals surface area contributed by atoms with E-state index in [1.54, 1.807) is 6.08 Å². The Balaban J connectivity index is 1.49. The lowest BCUT2D eigenvalue weighted by molar-refractivity contribution is -0.131. The molecule has 0 spiro atoms. The zero-order chi connectivity index (χ0) is 20.1. The standard InChI is InChI=1S/C24H20N2O3/c27-23(28)14-13-17-9-11-18(12-10-17)15-22-25-20-7-4-8-21(24(20)26-22)29-16-19-5-2-1-3-6-19/h1-14H,15-16H2,(H,25,26)(H,27,28). The van der Waals surface area contributed by atoms with Gasteiger partial charge in [-0.25, -0.2) is 9.78 Å². The average Bonchev–Trinajstić information content (AvgIpc) is 3.15. The van der Waals surface area contributed by atoms with Crippen LogP contribution in [0.5, 0.6) is 5.75 Å². The Morgan fingerprint density at radius 1 is 0.966 bits per heavy atom. The summed E-state index contributed by atoms with van der Waals surface area (Å²) in [4.78, 5) is 18.7. The molecule has 5 nitrogen and oxygen atoms in total. The van der Waals surface area contributed by atoms with Crippen molar-refractivity contribution in [2.24, 2.45) is 0 Å². The van der Waals surface area contributed by atoms with Crippen LogP contribution in [0.15, 0.2) is 78.9 Å². The van der Waals surface area contributed by atoms with Gasteiger partial charge in [0.1, 0.15) is 23.7 Å². The van der Waals surface area contributed by atoms with Crippen LogP contribution < -0.4 is 4.74 Å². The predicted molar refractivity (Wildman–Crippen MR) is 113 cm³/mol. The number of fused-ring (bicyclic) bond motifs is 1. The quantitative estimate of drug-likeness (QED) is 0.448. The number of hydrogen-bond donors (Lipinski definition) is 2. The highest BCUT2D eigenvalue weighted by Gasteiger charge is 2.09. The molecule has 1 aromatic heterocycles. The molecule has 4 aromatic rings. The second-order valence-electron chi connectivity index (χ2n) is 6.70. The molecule has 0 atom stereocenters. The molecule has 0 aliphatic rings. The van der Waals surface area contributed by atoms with Crippen molar-refractivity contribution >= 4 is 23.1 Å². The molecule has 0 aliphatic heterocycles. The molecule has 1 heterocycles. The average molecular weight is 384 g/mol. The van der Waals surface area contributed by atoms with Crippen LogP contribution in [0.25, 0.3) is 17.1 Å². The SMILES string of the molecule is O=C(O)C=Cc1ccc(Cc2nc3c(OCc4ccccc4)cccc3[nH]2)cc1. The van der Waals surface area contributed by atoms with Crippen LogP contribution >= 0.6 is 0 Å². The van der Waals surface area contributed by atoms with Crippen LogP contribution in [-0.2, 0) is 17.8 Å². The highest BCUT2D eigenvalue weighted by Crippen LogP contribution is 2.25. The Hall–Kier alpha value is -3.86. The predicted octanol–water partition coefficient (Wildman–Crippen LogP) is 4.83. The fourth-order valence-electron chi connectivity index (χ4n) is 3.10. The van der Waals surface area contributed by atoms with E-state index in [9.17, 15) is 4.79 Å². The lowest BCUT2D eigenvalue weighted by atomic mass is 10.1. The van der Waals surface area contributed by atoms with Crippen molar-refractivity contribution in [3.63, 3.8) is 0 Å². The van der Waals surface area contributed by atoms with Crippen LogP contribution in [0.3, 0.4) is 0 Å². The van der Waals surface area contributed by atoms with Crippen LogP contribution in [0.4, 0.5) is 0 Å². The van der Waals surface area contributed by atoms with Gasteiger partial charge in [-0.3, -0.25) is 0 Å². The van der Waals surface area contributed by atoms with Gasteiger partial charge < -0.3 is 14.8 Å². The van der Waals surface area contributed by atoms with Gasteiger partial charge in [-0.05, 0) is 34.9 Å². The van der Waals surface area contributed by atoms with Gasteiger partial charge in [0.2, 0.25) is 0 Å². The number of carbonyl (C=O) groups is 1. The summed E-state index contributed by atoms with van der Waals surface area (Å²) in [5, 5.41) is 8.71. The van der Waals surface area contributed by atoms with E-state index < -0.39 is 5.97 Å². The van der Waals surface area contributed by atoms with Crippen LogP contribution in [-0.4, -0.2) is 21.0 Å². The Kier molecular flexibility index (Phi) is 5.38. The van der Waals surface area contributed by atoms with Crippen molar-refractivity contribution in [1.29, 1.82) is 0 Å². The van der Waals surface area contributed by atoms with E-state index in [0.717, 1.165) is 45.4 Å². The summed E-state index contributed by atoms with van der Waals surface area (Å²) in [7, 11) is 0. The van der Waals surface area contributed by atoms with Crippen molar-refractivity contribution in [1.82, 2.24) is 9.97 Å². The third-order valence-electron chi connectivity index (χ3n) is 4.53. The first-order chi connectivity index (χ1) is 14.2. The van der Waals surface area contributed by atoms with Gasteiger partial charge in [0, 0.05) is 12.5 Å². The number of rotatable bonds is 7. The number of ether oxygens (including phenoxy) is 1. The first-order valence-corrected chi connectivity index (χ1v) is 9.32. The summed E-state index contributed by atoms with van der Waals surface area (Å²) in [6, 6.07) is 23.6. The molecule has 2 N–H and O–H groups in total. The number of imidazole rings is 1. The van der Waals surface area contributed by atoms with E-state index in [2.05, 4.69) is 4.98 Å². The minimum absolute atomic E-state index is 0.494. The maximum absolute atomic E-state index is 10.6. The van der Waals surface area contributed by atoms with Crippen molar-refractivity contribution in [2.75, 3.05) is 0 Å². The number of aliphatic carboxylic acids is 1. The number of H-pyrrole nitrogens is 1. The second-order valence-corrected chi connectivity index (χ2v) is 6.70. The molecule has 0 radical (unpaired) electrons. The molecule has 0 saturated heterocycles. The molecule has 3 aromatic carbocycles. The number of aromatic nitrogens is 2. The number of nitrogens with zero attached hydrogens (tertiary/aromatic N) is 1. The van der Waals surface area contributed by atoms with Gasteiger partial charge in [0.05, 0.1) is 5.52 Å². The van der Waals surface area contributed by atoms with Crippen LogP contribution in [0.1, 0.15) is 22.5 Å². The number of carboxylic acids is 1. The zero-order valence-electron chi connectivity index (χ0n) is 15.7. The molecular formula is C24H20N2O3. The zero-order valence-corrected chi connectivity index (χ0v) is 15.7. The summed E-state index contributed by atoms with van der Waals surface area (Å²) in [6.07, 6.45) is 3.35. The summed E-state index contributed by atoms with van der Waals surface area (Å²) in [5.41, 5.74) is 4.80. The number of nitrogens with one attached hydrogen (secondary N) is 1. The monoisotopic (exact) mass is 384 g/mol. The lowest BCUT2D eigenvalue weighted by Gasteiger charge is -2.06. The fraction of sp³-hybridized carbons (Fsp3) is 0.0833. The minimum atomic E-state index is -0.957. The molecule has 144 valence electrons. The molecule has 0 amide bonds. The first kappa shape index (κ1) is 18.5. The van der Waals surface area contributed by atoms with Crippen LogP contribution in [0.2, 0.25) is 0 Å². The number of hydrogen-bond acceptors (Lipinski definition) is 3. The van der Waals surface area contributed by atoms with Gasteiger partial charge >= 0.3 is 5.97 Å². The molecule has 0 bridgehead atoms. The molecule has 0 saturated carbocycles. The molecule has 29 heavy (non-hydrogen) atoms. The largest absolute Gasteiger partial charge is 0.487 e. The normalized spacial score (nSPS) is 11.2. The van der Waals surface area contributed by atoms with Crippen molar-refractivity contribution < 1.29 is 14.6 Å². The highest BCUT2D eigenvalue weighted by atomic mass is 16.5. The lowest BCUT2D eigenvalue weighted by Crippen LogP contribution is -1.95. The topological polar surface area (TPSA) is 75.2 Å². The van der Waals surface area contributed by atoms with E-state index in [4.69, 9.17) is 14.8 Å². The Morgan fingerprint density at radius 2 is 1.76 bits per heavy atom. The number of benzene rings is 3. The second kappa shape index (κ2) is 8.44. The molecular weight excluding hydrogens is 364 g/mol. The first-order valence-electron chi connectivity index (χ1n) is 9.32. The van der Waals surface area contributed by atoms with Crippen molar-refractivity contribution in [2.45, 2.75) is 13.0 Å². The summed E-state index contributed by atoms with van der Waals surface area (Å²) < 4.78 is 5.99. The van der Waals surface area contributed by atoms with Gasteiger partial charge in [0.15, 0.2) is 0 Å². The maximum atomic E-state index is 10.6. The van der Waals surface area contributed by atoms with Gasteiger partial charge in [-0.2, -0.15) is 0 Å². The number of para-hydroxylation sites is 1. The highest BCUT2D eigenvalue weighted by molar-refractivity contribution is 5.85.